The molecule has 0 aliphatic rings. The lowest BCUT2D eigenvalue weighted by atomic mass is 10.1. The molecule has 0 fully saturated rings. The van der Waals surface area contributed by atoms with Crippen molar-refractivity contribution in [1.82, 2.24) is 0 Å². The van der Waals surface area contributed by atoms with Crippen LogP contribution in [0.2, 0.25) is 0 Å². The standard InChI is InChI=1S/C19H20OS/c1-16-5-4-7-19(13-16)15-21-14-18-10-8-17(9-11-18)6-2-3-12-20/h4-5,7-11,13,20H,3,12,14-15H2,1H3. The van der Waals surface area contributed by atoms with E-state index in [1.165, 1.54) is 16.7 Å². The first-order chi connectivity index (χ1) is 10.3. The molecule has 0 aliphatic carbocycles. The summed E-state index contributed by atoms with van der Waals surface area (Å²) in [6.07, 6.45) is 0.536. The second-order valence-corrected chi connectivity index (χ2v) is 5.94. The molecule has 1 nitrogen and oxygen atoms in total. The molecule has 2 aromatic carbocycles. The predicted molar refractivity (Wildman–Crippen MR) is 91.2 cm³/mol. The van der Waals surface area contributed by atoms with Gasteiger partial charge in [0.2, 0.25) is 0 Å². The number of thioether (sulfide) groups is 1. The Bertz CT molecular complexity index is 620. The monoisotopic (exact) mass is 296 g/mol. The zero-order chi connectivity index (χ0) is 14.9. The van der Waals surface area contributed by atoms with Crippen LogP contribution in [0.3, 0.4) is 0 Å². The minimum Gasteiger partial charge on any atom is -0.395 e. The Balaban J connectivity index is 1.82. The molecule has 0 amide bonds. The van der Waals surface area contributed by atoms with Gasteiger partial charge in [-0.05, 0) is 30.2 Å². The minimum atomic E-state index is 0.126. The van der Waals surface area contributed by atoms with Crippen LogP contribution in [0.4, 0.5) is 0 Å². The highest BCUT2D eigenvalue weighted by Gasteiger charge is 1.97. The first kappa shape index (κ1) is 15.7. The Kier molecular flexibility index (Phi) is 6.40. The zero-order valence-electron chi connectivity index (χ0n) is 12.3. The van der Waals surface area contributed by atoms with Crippen LogP contribution in [0.25, 0.3) is 0 Å². The third-order valence-corrected chi connectivity index (χ3v) is 4.12. The molecular formula is C19H20OS. The van der Waals surface area contributed by atoms with Gasteiger partial charge in [0.25, 0.3) is 0 Å². The van der Waals surface area contributed by atoms with E-state index < -0.39 is 0 Å². The van der Waals surface area contributed by atoms with Crippen molar-refractivity contribution in [3.8, 4) is 11.8 Å². The van der Waals surface area contributed by atoms with E-state index in [-0.39, 0.29) is 6.61 Å². The summed E-state index contributed by atoms with van der Waals surface area (Å²) < 4.78 is 0. The maximum absolute atomic E-state index is 8.69. The lowest BCUT2D eigenvalue weighted by Crippen LogP contribution is -1.85. The maximum Gasteiger partial charge on any atom is 0.0540 e. The first-order valence-corrected chi connectivity index (χ1v) is 8.25. The van der Waals surface area contributed by atoms with Crippen molar-refractivity contribution in [3.05, 3.63) is 70.8 Å². The van der Waals surface area contributed by atoms with Gasteiger partial charge in [-0.3, -0.25) is 0 Å². The molecule has 0 unspecified atom stereocenters. The molecule has 0 bridgehead atoms. The van der Waals surface area contributed by atoms with Crippen LogP contribution in [0.5, 0.6) is 0 Å². The largest absolute Gasteiger partial charge is 0.395 e. The third kappa shape index (κ3) is 5.67. The van der Waals surface area contributed by atoms with E-state index in [0.717, 1.165) is 17.1 Å². The van der Waals surface area contributed by atoms with Crippen molar-refractivity contribution >= 4 is 11.8 Å². The van der Waals surface area contributed by atoms with Crippen molar-refractivity contribution in [2.24, 2.45) is 0 Å². The van der Waals surface area contributed by atoms with Crippen LogP contribution >= 0.6 is 11.8 Å². The molecule has 0 aliphatic heterocycles. The lowest BCUT2D eigenvalue weighted by molar-refractivity contribution is 0.305. The van der Waals surface area contributed by atoms with Crippen LogP contribution in [-0.4, -0.2) is 11.7 Å². The number of aliphatic hydroxyl groups is 1. The Hall–Kier alpha value is -1.69. The molecule has 2 aromatic rings. The van der Waals surface area contributed by atoms with E-state index in [4.69, 9.17) is 5.11 Å². The van der Waals surface area contributed by atoms with Crippen LogP contribution in [0.15, 0.2) is 48.5 Å². The van der Waals surface area contributed by atoms with E-state index in [0.29, 0.717) is 6.42 Å². The van der Waals surface area contributed by atoms with Crippen LogP contribution < -0.4 is 0 Å². The van der Waals surface area contributed by atoms with E-state index >= 15 is 0 Å². The topological polar surface area (TPSA) is 20.2 Å². The Morgan fingerprint density at radius 3 is 2.48 bits per heavy atom. The van der Waals surface area contributed by atoms with Crippen molar-refractivity contribution in [2.45, 2.75) is 24.9 Å². The second kappa shape index (κ2) is 8.56. The fourth-order valence-electron chi connectivity index (χ4n) is 1.99. The summed E-state index contributed by atoms with van der Waals surface area (Å²) in [7, 11) is 0. The molecule has 2 rings (SSSR count). The fourth-order valence-corrected chi connectivity index (χ4v) is 2.94. The molecule has 0 spiro atoms. The third-order valence-electron chi connectivity index (χ3n) is 3.04. The summed E-state index contributed by atoms with van der Waals surface area (Å²) in [6.45, 7) is 2.26. The van der Waals surface area contributed by atoms with Gasteiger partial charge in [-0.15, -0.1) is 0 Å². The molecule has 0 saturated carbocycles. The van der Waals surface area contributed by atoms with Crippen LogP contribution in [-0.2, 0) is 11.5 Å². The van der Waals surface area contributed by atoms with Gasteiger partial charge in [-0.1, -0.05) is 53.8 Å². The average molecular weight is 296 g/mol. The molecule has 21 heavy (non-hydrogen) atoms. The summed E-state index contributed by atoms with van der Waals surface area (Å²) in [6, 6.07) is 17.0. The number of benzene rings is 2. The van der Waals surface area contributed by atoms with E-state index in [2.05, 4.69) is 55.2 Å². The molecule has 0 heterocycles. The highest BCUT2D eigenvalue weighted by molar-refractivity contribution is 7.97. The summed E-state index contributed by atoms with van der Waals surface area (Å²) in [5.74, 6) is 8.03. The minimum absolute atomic E-state index is 0.126. The van der Waals surface area contributed by atoms with Gasteiger partial charge in [-0.25, -0.2) is 0 Å². The molecule has 0 saturated heterocycles. The maximum atomic E-state index is 8.69. The number of aliphatic hydroxyl groups excluding tert-OH is 1. The van der Waals surface area contributed by atoms with Gasteiger partial charge >= 0.3 is 0 Å². The second-order valence-electron chi connectivity index (χ2n) is 4.95. The van der Waals surface area contributed by atoms with Crippen LogP contribution in [0.1, 0.15) is 28.7 Å². The molecule has 1 N–H and O–H groups in total. The first-order valence-electron chi connectivity index (χ1n) is 7.10. The predicted octanol–water partition coefficient (Wildman–Crippen LogP) is 4.16. The Labute approximate surface area is 131 Å². The Morgan fingerprint density at radius 1 is 1.00 bits per heavy atom. The fraction of sp³-hybridized carbons (Fsp3) is 0.263. The zero-order valence-corrected chi connectivity index (χ0v) is 13.1. The highest BCUT2D eigenvalue weighted by atomic mass is 32.2. The van der Waals surface area contributed by atoms with Crippen LogP contribution in [0, 0.1) is 18.8 Å². The SMILES string of the molecule is Cc1cccc(CSCc2ccc(C#CCCO)cc2)c1. The molecule has 0 atom stereocenters. The number of hydrogen-bond donors (Lipinski definition) is 1. The van der Waals surface area contributed by atoms with Gasteiger partial charge in [0.05, 0.1) is 6.61 Å². The van der Waals surface area contributed by atoms with Crippen molar-refractivity contribution in [1.29, 1.82) is 0 Å². The molecule has 0 aromatic heterocycles. The molecule has 2 heteroatoms. The van der Waals surface area contributed by atoms with Gasteiger partial charge in [0, 0.05) is 23.5 Å². The highest BCUT2D eigenvalue weighted by Crippen LogP contribution is 2.18. The number of hydrogen-bond acceptors (Lipinski definition) is 2. The quantitative estimate of drug-likeness (QED) is 0.836. The van der Waals surface area contributed by atoms with Crippen molar-refractivity contribution < 1.29 is 5.11 Å². The van der Waals surface area contributed by atoms with E-state index in [9.17, 15) is 0 Å². The van der Waals surface area contributed by atoms with Gasteiger partial charge in [0.1, 0.15) is 0 Å². The number of rotatable bonds is 5. The smallest absolute Gasteiger partial charge is 0.0540 e. The van der Waals surface area contributed by atoms with E-state index in [1.807, 2.05) is 23.9 Å². The van der Waals surface area contributed by atoms with Gasteiger partial charge in [0.15, 0.2) is 0 Å². The molecular weight excluding hydrogens is 276 g/mol. The van der Waals surface area contributed by atoms with Crippen molar-refractivity contribution in [3.63, 3.8) is 0 Å². The summed E-state index contributed by atoms with van der Waals surface area (Å²) in [4.78, 5) is 0. The Morgan fingerprint density at radius 2 is 1.76 bits per heavy atom. The van der Waals surface area contributed by atoms with Gasteiger partial charge < -0.3 is 5.11 Å². The summed E-state index contributed by atoms with van der Waals surface area (Å²) in [5.41, 5.74) is 5.03. The average Bonchev–Trinajstić information content (AvgIpc) is 2.49. The lowest BCUT2D eigenvalue weighted by Gasteiger charge is -2.04. The number of aryl methyl sites for hydroxylation is 1. The van der Waals surface area contributed by atoms with Gasteiger partial charge in [-0.2, -0.15) is 11.8 Å². The van der Waals surface area contributed by atoms with E-state index in [1.54, 1.807) is 0 Å². The molecule has 108 valence electrons. The van der Waals surface area contributed by atoms with Crippen molar-refractivity contribution in [2.75, 3.05) is 6.61 Å². The summed E-state index contributed by atoms with van der Waals surface area (Å²) in [5, 5.41) is 8.69. The normalized spacial score (nSPS) is 10.0. The summed E-state index contributed by atoms with van der Waals surface area (Å²) >= 11 is 1.93. The molecule has 0 radical (unpaired) electrons.